The number of carbonyl (C=O) groups is 1. The maximum Gasteiger partial charge on any atom is 0.221 e. The van der Waals surface area contributed by atoms with Gasteiger partial charge < -0.3 is 9.88 Å². The third-order valence-electron chi connectivity index (χ3n) is 2.99. The predicted molar refractivity (Wildman–Crippen MR) is 91.2 cm³/mol. The van der Waals surface area contributed by atoms with Gasteiger partial charge in [-0.3, -0.25) is 4.79 Å². The lowest BCUT2D eigenvalue weighted by Gasteiger charge is -2.08. The van der Waals surface area contributed by atoms with Crippen LogP contribution in [0.2, 0.25) is 10.0 Å². The van der Waals surface area contributed by atoms with Crippen LogP contribution in [0.5, 0.6) is 0 Å². The molecule has 0 saturated heterocycles. The molecular formula is C15H11Cl2N3OS. The van der Waals surface area contributed by atoms with E-state index in [1.54, 1.807) is 18.5 Å². The van der Waals surface area contributed by atoms with Crippen LogP contribution in [0.15, 0.2) is 42.2 Å². The standard InChI is InChI=1S/C15H11Cl2N3OS/c1-9(21)19-13-6-10(2-3-11(13)16)20-7-14(18-8-20)15-12(17)4-5-22-15/h2-8H,1H3,(H,19,21). The number of aromatic nitrogens is 2. The highest BCUT2D eigenvalue weighted by atomic mass is 35.5. The lowest BCUT2D eigenvalue weighted by molar-refractivity contribution is -0.114. The van der Waals surface area contributed by atoms with E-state index in [1.165, 1.54) is 18.3 Å². The van der Waals surface area contributed by atoms with E-state index in [4.69, 9.17) is 23.2 Å². The second-order valence-electron chi connectivity index (χ2n) is 4.61. The number of hydrogen-bond donors (Lipinski definition) is 1. The second-order valence-corrected chi connectivity index (χ2v) is 6.34. The van der Waals surface area contributed by atoms with E-state index in [2.05, 4.69) is 10.3 Å². The zero-order valence-electron chi connectivity index (χ0n) is 11.5. The molecule has 22 heavy (non-hydrogen) atoms. The highest BCUT2D eigenvalue weighted by Gasteiger charge is 2.10. The minimum absolute atomic E-state index is 0.171. The molecule has 2 aromatic heterocycles. The first kappa shape index (κ1) is 15.1. The summed E-state index contributed by atoms with van der Waals surface area (Å²) in [5, 5.41) is 5.80. The van der Waals surface area contributed by atoms with Crippen LogP contribution < -0.4 is 5.32 Å². The lowest BCUT2D eigenvalue weighted by atomic mass is 10.2. The molecule has 7 heteroatoms. The fourth-order valence-electron chi connectivity index (χ4n) is 2.02. The number of amides is 1. The number of benzene rings is 1. The average Bonchev–Trinajstić information content (AvgIpc) is 3.09. The molecule has 1 aromatic carbocycles. The molecule has 4 nitrogen and oxygen atoms in total. The number of imidazole rings is 1. The molecule has 0 unspecified atom stereocenters. The quantitative estimate of drug-likeness (QED) is 0.731. The fraction of sp³-hybridized carbons (Fsp3) is 0.0667. The summed E-state index contributed by atoms with van der Waals surface area (Å²) in [5.74, 6) is -0.171. The van der Waals surface area contributed by atoms with Gasteiger partial charge in [-0.2, -0.15) is 0 Å². The molecular weight excluding hydrogens is 341 g/mol. The second kappa shape index (κ2) is 6.12. The Bertz CT molecular complexity index is 841. The van der Waals surface area contributed by atoms with Gasteiger partial charge in [0.1, 0.15) is 5.69 Å². The van der Waals surface area contributed by atoms with Crippen molar-refractivity contribution in [2.45, 2.75) is 6.92 Å². The number of thiophene rings is 1. The van der Waals surface area contributed by atoms with E-state index < -0.39 is 0 Å². The number of rotatable bonds is 3. The molecule has 0 aliphatic rings. The maximum atomic E-state index is 11.2. The number of hydrogen-bond acceptors (Lipinski definition) is 3. The SMILES string of the molecule is CC(=O)Nc1cc(-n2cnc(-c3sccc3Cl)c2)ccc1Cl. The molecule has 0 saturated carbocycles. The van der Waals surface area contributed by atoms with Crippen molar-refractivity contribution in [2.75, 3.05) is 5.32 Å². The molecule has 1 amide bonds. The summed E-state index contributed by atoms with van der Waals surface area (Å²) in [6.07, 6.45) is 3.59. The average molecular weight is 352 g/mol. The van der Waals surface area contributed by atoms with Crippen molar-refractivity contribution >= 4 is 46.1 Å². The molecule has 3 rings (SSSR count). The van der Waals surface area contributed by atoms with Gasteiger partial charge in [-0.1, -0.05) is 23.2 Å². The molecule has 3 aromatic rings. The molecule has 0 radical (unpaired) electrons. The van der Waals surface area contributed by atoms with Gasteiger partial charge in [0.05, 0.1) is 26.9 Å². The minimum Gasteiger partial charge on any atom is -0.325 e. The van der Waals surface area contributed by atoms with E-state index in [0.29, 0.717) is 15.7 Å². The van der Waals surface area contributed by atoms with Gasteiger partial charge in [0, 0.05) is 18.8 Å². The topological polar surface area (TPSA) is 46.9 Å². The van der Waals surface area contributed by atoms with E-state index in [1.807, 2.05) is 28.3 Å². The number of nitrogens with zero attached hydrogens (tertiary/aromatic N) is 2. The Morgan fingerprint density at radius 2 is 2.09 bits per heavy atom. The molecule has 1 N–H and O–H groups in total. The summed E-state index contributed by atoms with van der Waals surface area (Å²) in [4.78, 5) is 16.5. The normalized spacial score (nSPS) is 10.7. The molecule has 0 fully saturated rings. The molecule has 112 valence electrons. The van der Waals surface area contributed by atoms with Gasteiger partial charge >= 0.3 is 0 Å². The van der Waals surface area contributed by atoms with E-state index in [-0.39, 0.29) is 5.91 Å². The summed E-state index contributed by atoms with van der Waals surface area (Å²) < 4.78 is 1.85. The Balaban J connectivity index is 1.97. The van der Waals surface area contributed by atoms with Crippen LogP contribution in [0.4, 0.5) is 5.69 Å². The number of halogens is 2. The van der Waals surface area contributed by atoms with E-state index in [9.17, 15) is 4.79 Å². The first-order valence-electron chi connectivity index (χ1n) is 6.39. The lowest BCUT2D eigenvalue weighted by Crippen LogP contribution is -2.06. The van der Waals surface area contributed by atoms with Gasteiger partial charge in [0.15, 0.2) is 0 Å². The van der Waals surface area contributed by atoms with Crippen LogP contribution in [0.3, 0.4) is 0 Å². The zero-order valence-corrected chi connectivity index (χ0v) is 13.8. The third kappa shape index (κ3) is 3.02. The molecule has 0 atom stereocenters. The van der Waals surface area contributed by atoms with Crippen LogP contribution in [0, 0.1) is 0 Å². The van der Waals surface area contributed by atoms with Crippen molar-refractivity contribution in [1.82, 2.24) is 9.55 Å². The van der Waals surface area contributed by atoms with E-state index in [0.717, 1.165) is 16.3 Å². The van der Waals surface area contributed by atoms with Crippen LogP contribution in [-0.2, 0) is 4.79 Å². The minimum atomic E-state index is -0.171. The Morgan fingerprint density at radius 1 is 1.27 bits per heavy atom. The van der Waals surface area contributed by atoms with Crippen molar-refractivity contribution in [3.63, 3.8) is 0 Å². The van der Waals surface area contributed by atoms with Crippen LogP contribution in [0.1, 0.15) is 6.92 Å². The van der Waals surface area contributed by atoms with E-state index >= 15 is 0 Å². The molecule has 0 spiro atoms. The van der Waals surface area contributed by atoms with Gasteiger partial charge in [0.2, 0.25) is 5.91 Å². The largest absolute Gasteiger partial charge is 0.325 e. The highest BCUT2D eigenvalue weighted by Crippen LogP contribution is 2.32. The zero-order chi connectivity index (χ0) is 15.7. The summed E-state index contributed by atoms with van der Waals surface area (Å²) in [6.45, 7) is 1.44. The number of carbonyl (C=O) groups excluding carboxylic acids is 1. The van der Waals surface area contributed by atoms with Crippen LogP contribution in [0.25, 0.3) is 16.3 Å². The molecule has 2 heterocycles. The van der Waals surface area contributed by atoms with Gasteiger partial charge in [-0.15, -0.1) is 11.3 Å². The van der Waals surface area contributed by atoms with Crippen LogP contribution in [-0.4, -0.2) is 15.5 Å². The number of anilines is 1. The Morgan fingerprint density at radius 3 is 2.77 bits per heavy atom. The predicted octanol–water partition coefficient (Wildman–Crippen LogP) is 4.87. The van der Waals surface area contributed by atoms with Gasteiger partial charge in [-0.25, -0.2) is 4.98 Å². The van der Waals surface area contributed by atoms with Crippen molar-refractivity contribution in [3.8, 4) is 16.3 Å². The van der Waals surface area contributed by atoms with Gasteiger partial charge in [-0.05, 0) is 29.6 Å². The molecule has 0 aliphatic carbocycles. The first-order chi connectivity index (χ1) is 10.5. The number of nitrogens with one attached hydrogen (secondary N) is 1. The summed E-state index contributed by atoms with van der Waals surface area (Å²) in [6, 6.07) is 7.23. The fourth-order valence-corrected chi connectivity index (χ4v) is 3.30. The Labute approximate surface area is 141 Å². The Kier molecular flexibility index (Phi) is 4.20. The summed E-state index contributed by atoms with van der Waals surface area (Å²) in [7, 11) is 0. The first-order valence-corrected chi connectivity index (χ1v) is 8.03. The smallest absolute Gasteiger partial charge is 0.221 e. The summed E-state index contributed by atoms with van der Waals surface area (Å²) in [5.41, 5.74) is 2.21. The van der Waals surface area contributed by atoms with Crippen LogP contribution >= 0.6 is 34.5 Å². The summed E-state index contributed by atoms with van der Waals surface area (Å²) >= 11 is 13.7. The highest BCUT2D eigenvalue weighted by molar-refractivity contribution is 7.14. The molecule has 0 bridgehead atoms. The van der Waals surface area contributed by atoms with Crippen molar-refractivity contribution in [2.24, 2.45) is 0 Å². The third-order valence-corrected chi connectivity index (χ3v) is 4.68. The molecule has 0 aliphatic heterocycles. The maximum absolute atomic E-state index is 11.2. The van der Waals surface area contributed by atoms with Crippen molar-refractivity contribution in [1.29, 1.82) is 0 Å². The van der Waals surface area contributed by atoms with Crippen molar-refractivity contribution in [3.05, 3.63) is 52.2 Å². The monoisotopic (exact) mass is 351 g/mol. The van der Waals surface area contributed by atoms with Crippen molar-refractivity contribution < 1.29 is 4.79 Å². The Hall–Kier alpha value is -1.82. The van der Waals surface area contributed by atoms with Gasteiger partial charge in [0.25, 0.3) is 0 Å².